The molecule has 5 N–H and O–H groups in total. The molecule has 6 nitrogen and oxygen atoms in total. The molecule has 0 fully saturated rings. The Morgan fingerprint density at radius 3 is 2.86 bits per heavy atom. The van der Waals surface area contributed by atoms with E-state index in [-0.39, 0.29) is 58.8 Å². The molecule has 7 heteroatoms. The van der Waals surface area contributed by atoms with Crippen LogP contribution in [-0.4, -0.2) is 10.2 Å². The average Bonchev–Trinajstić information content (AvgIpc) is 2.31. The second-order valence-electron chi connectivity index (χ2n) is 2.60. The zero-order valence-electron chi connectivity index (χ0n) is 7.61. The van der Waals surface area contributed by atoms with Crippen molar-refractivity contribution in [3.63, 3.8) is 0 Å². The number of nitrogens with two attached hydrogens (primary N) is 2. The molecule has 2 aromatic heterocycles. The molecule has 1 radical (unpaired) electrons. The zero-order chi connectivity index (χ0) is 8.72. The molecule has 0 atom stereocenters. The molecule has 0 saturated heterocycles. The van der Waals surface area contributed by atoms with Crippen LogP contribution in [0.2, 0.25) is 0 Å². The SMILES string of the molecule is Cc1cc2[nH]nc(N)c2c(=O)[n-]1.[NH2-].[Pr]. The molecule has 2 aromatic rings. The van der Waals surface area contributed by atoms with E-state index in [0.29, 0.717) is 16.6 Å². The molecule has 0 aliphatic rings. The van der Waals surface area contributed by atoms with Gasteiger partial charge in [-0.15, -0.1) is 0 Å². The Morgan fingerprint density at radius 2 is 2.21 bits per heavy atom. The van der Waals surface area contributed by atoms with Crippen LogP contribution in [-0.2, 0) is 0 Å². The second kappa shape index (κ2) is 4.86. The van der Waals surface area contributed by atoms with Crippen LogP contribution in [0.25, 0.3) is 17.1 Å². The molecule has 0 aliphatic carbocycles. The third-order valence-electron chi connectivity index (χ3n) is 1.67. The first-order valence-corrected chi connectivity index (χ1v) is 3.46. The van der Waals surface area contributed by atoms with Crippen LogP contribution >= 0.6 is 0 Å². The van der Waals surface area contributed by atoms with Gasteiger partial charge in [0.05, 0.1) is 16.5 Å². The Morgan fingerprint density at radius 1 is 1.57 bits per heavy atom. The van der Waals surface area contributed by atoms with E-state index in [9.17, 15) is 4.79 Å². The van der Waals surface area contributed by atoms with Crippen molar-refractivity contribution in [2.75, 3.05) is 5.73 Å². The molecule has 0 saturated carbocycles. The fraction of sp³-hybridized carbons (Fsp3) is 0.143. The topological polar surface area (TPSA) is 119 Å². The normalized spacial score (nSPS) is 9.21. The molecule has 0 spiro atoms. The summed E-state index contributed by atoms with van der Waals surface area (Å²) in [6.45, 7) is 1.75. The number of nitrogen functional groups attached to an aromatic ring is 1. The number of aryl methyl sites for hydroxylation is 1. The Bertz CT molecular complexity index is 488. The van der Waals surface area contributed by atoms with Gasteiger partial charge in [-0.2, -0.15) is 10.8 Å². The molecule has 14 heavy (non-hydrogen) atoms. The van der Waals surface area contributed by atoms with Crippen LogP contribution in [0.1, 0.15) is 5.69 Å². The van der Waals surface area contributed by atoms with E-state index in [1.165, 1.54) is 0 Å². The van der Waals surface area contributed by atoms with Crippen LogP contribution in [0.4, 0.5) is 5.82 Å². The first-order valence-electron chi connectivity index (χ1n) is 3.46. The number of nitrogens with one attached hydrogen (secondary N) is 1. The summed E-state index contributed by atoms with van der Waals surface area (Å²) in [6, 6.07) is 1.74. The number of hydrogen-bond donors (Lipinski definition) is 2. The number of aromatic nitrogens is 3. The molecule has 0 aliphatic heterocycles. The van der Waals surface area contributed by atoms with Crippen molar-refractivity contribution in [1.29, 1.82) is 0 Å². The zero-order valence-corrected chi connectivity index (χ0v) is 11.3. The summed E-state index contributed by atoms with van der Waals surface area (Å²) >= 11 is 0. The average molecular weight is 320 g/mol. The van der Waals surface area contributed by atoms with Crippen LogP contribution in [0, 0.1) is 48.2 Å². The Labute approximate surface area is 113 Å². The van der Waals surface area contributed by atoms with E-state index in [0.717, 1.165) is 0 Å². The fourth-order valence-electron chi connectivity index (χ4n) is 1.16. The van der Waals surface area contributed by atoms with Crippen LogP contribution in [0.15, 0.2) is 10.9 Å². The van der Waals surface area contributed by atoms with E-state index >= 15 is 0 Å². The molecular formula is C7H9N5OPr-2. The first kappa shape index (κ1) is 13.5. The van der Waals surface area contributed by atoms with Crippen molar-refractivity contribution >= 4 is 16.7 Å². The third-order valence-corrected chi connectivity index (χ3v) is 1.67. The van der Waals surface area contributed by atoms with Crippen molar-refractivity contribution in [2.45, 2.75) is 6.92 Å². The Hall–Kier alpha value is -0.456. The first-order chi connectivity index (χ1) is 5.68. The number of nitrogens with zero attached hydrogens (tertiary/aromatic N) is 2. The number of anilines is 1. The minimum Gasteiger partial charge on any atom is -0.693 e. The van der Waals surface area contributed by atoms with Gasteiger partial charge in [-0.3, -0.25) is 5.10 Å². The van der Waals surface area contributed by atoms with Crippen molar-refractivity contribution in [3.05, 3.63) is 28.3 Å². The molecule has 0 unspecified atom stereocenters. The third kappa shape index (κ3) is 2.13. The predicted octanol–water partition coefficient (Wildman–Crippen LogP) is 0.488. The van der Waals surface area contributed by atoms with Gasteiger partial charge < -0.3 is 21.7 Å². The number of hydrogen-bond acceptors (Lipinski definition) is 3. The van der Waals surface area contributed by atoms with Crippen molar-refractivity contribution in [2.24, 2.45) is 0 Å². The van der Waals surface area contributed by atoms with Gasteiger partial charge in [0.15, 0.2) is 5.82 Å². The number of pyridine rings is 1. The number of H-pyrrole nitrogens is 1. The van der Waals surface area contributed by atoms with Gasteiger partial charge in [0.2, 0.25) is 0 Å². The van der Waals surface area contributed by atoms with Gasteiger partial charge in [0.1, 0.15) is 0 Å². The van der Waals surface area contributed by atoms with Gasteiger partial charge >= 0.3 is 0 Å². The van der Waals surface area contributed by atoms with Gasteiger partial charge in [0.25, 0.3) is 0 Å². The van der Waals surface area contributed by atoms with Crippen LogP contribution in [0.5, 0.6) is 0 Å². The molecular weight excluding hydrogens is 311 g/mol. The monoisotopic (exact) mass is 320 g/mol. The van der Waals surface area contributed by atoms with E-state index in [2.05, 4.69) is 15.2 Å². The summed E-state index contributed by atoms with van der Waals surface area (Å²) in [6.07, 6.45) is 0. The molecule has 0 bridgehead atoms. The number of fused-ring (bicyclic) bond motifs is 1. The fourth-order valence-corrected chi connectivity index (χ4v) is 1.16. The molecule has 2 rings (SSSR count). The van der Waals surface area contributed by atoms with Gasteiger partial charge in [-0.25, -0.2) is 0 Å². The maximum atomic E-state index is 11.2. The van der Waals surface area contributed by atoms with E-state index in [1.54, 1.807) is 13.0 Å². The van der Waals surface area contributed by atoms with E-state index in [1.807, 2.05) is 0 Å². The smallest absolute Gasteiger partial charge is 0.155 e. The quantitative estimate of drug-likeness (QED) is 0.734. The molecule has 73 valence electrons. The number of aromatic amines is 1. The minimum absolute atomic E-state index is 0. The predicted molar refractivity (Wildman–Crippen MR) is 50.1 cm³/mol. The molecule has 2 heterocycles. The van der Waals surface area contributed by atoms with Gasteiger partial charge in [0, 0.05) is 41.3 Å². The number of rotatable bonds is 0. The Kier molecular flexibility index (Phi) is 4.70. The maximum Gasteiger partial charge on any atom is 0.155 e. The Balaban J connectivity index is 0.000000845. The summed E-state index contributed by atoms with van der Waals surface area (Å²) in [7, 11) is 0. The van der Waals surface area contributed by atoms with Crippen LogP contribution < -0.4 is 16.3 Å². The van der Waals surface area contributed by atoms with Crippen LogP contribution in [0.3, 0.4) is 0 Å². The summed E-state index contributed by atoms with van der Waals surface area (Å²) in [5.41, 5.74) is 6.43. The molecule has 0 amide bonds. The summed E-state index contributed by atoms with van der Waals surface area (Å²) in [5, 5.41) is 6.74. The molecule has 0 aromatic carbocycles. The van der Waals surface area contributed by atoms with Crippen molar-refractivity contribution < 1.29 is 41.3 Å². The van der Waals surface area contributed by atoms with E-state index in [4.69, 9.17) is 5.73 Å². The summed E-state index contributed by atoms with van der Waals surface area (Å²) in [4.78, 5) is 15.0. The maximum absolute atomic E-state index is 11.2. The van der Waals surface area contributed by atoms with Crippen molar-refractivity contribution in [1.82, 2.24) is 15.2 Å². The minimum atomic E-state index is -0.323. The standard InChI is InChI=1S/C7H8N4O.H2N.Pr/c1-3-2-4-5(7(12)9-3)6(8)11-10-4;;/h2H,1H3,(H4,8,9,10,11,12);1H2;/q;-1;/p-1. The van der Waals surface area contributed by atoms with E-state index < -0.39 is 0 Å². The second-order valence-corrected chi connectivity index (χ2v) is 2.60. The largest absolute Gasteiger partial charge is 0.693 e. The van der Waals surface area contributed by atoms with Gasteiger partial charge in [-0.1, -0.05) is 13.0 Å². The van der Waals surface area contributed by atoms with Crippen molar-refractivity contribution in [3.8, 4) is 0 Å². The van der Waals surface area contributed by atoms with Gasteiger partial charge in [-0.05, 0) is 0 Å². The summed E-state index contributed by atoms with van der Waals surface area (Å²) < 4.78 is 0. The summed E-state index contributed by atoms with van der Waals surface area (Å²) in [5.74, 6) is 0.211.